The van der Waals surface area contributed by atoms with Crippen molar-refractivity contribution in [3.63, 3.8) is 0 Å². The zero-order valence-electron chi connectivity index (χ0n) is 9.55. The van der Waals surface area contributed by atoms with Crippen molar-refractivity contribution in [2.24, 2.45) is 0 Å². The van der Waals surface area contributed by atoms with Crippen molar-refractivity contribution in [3.8, 4) is 0 Å². The highest BCUT2D eigenvalue weighted by Gasteiger charge is 2.05. The summed E-state index contributed by atoms with van der Waals surface area (Å²) >= 11 is 5.30. The summed E-state index contributed by atoms with van der Waals surface area (Å²) in [6, 6.07) is 2.88. The van der Waals surface area contributed by atoms with Crippen LogP contribution in [0, 0.1) is 0 Å². The van der Waals surface area contributed by atoms with Crippen LogP contribution >= 0.6 is 27.3 Å². The SMILES string of the molecule is CCCCC(CC)NCc1cc(Br)cs1. The van der Waals surface area contributed by atoms with Gasteiger partial charge in [-0.3, -0.25) is 0 Å². The van der Waals surface area contributed by atoms with E-state index < -0.39 is 0 Å². The minimum atomic E-state index is 0.686. The average molecular weight is 290 g/mol. The van der Waals surface area contributed by atoms with Gasteiger partial charge in [0.2, 0.25) is 0 Å². The van der Waals surface area contributed by atoms with Gasteiger partial charge in [0.1, 0.15) is 0 Å². The Morgan fingerprint density at radius 2 is 2.27 bits per heavy atom. The van der Waals surface area contributed by atoms with Crippen LogP contribution in [0.25, 0.3) is 0 Å². The Hall–Kier alpha value is 0.140. The highest BCUT2D eigenvalue weighted by Crippen LogP contribution is 2.19. The smallest absolute Gasteiger partial charge is 0.0302 e. The lowest BCUT2D eigenvalue weighted by atomic mass is 10.1. The lowest BCUT2D eigenvalue weighted by Crippen LogP contribution is -2.27. The Bertz CT molecular complexity index is 272. The highest BCUT2D eigenvalue weighted by atomic mass is 79.9. The number of hydrogen-bond donors (Lipinski definition) is 1. The molecule has 1 rings (SSSR count). The molecule has 0 aliphatic rings. The summed E-state index contributed by atoms with van der Waals surface area (Å²) < 4.78 is 1.20. The summed E-state index contributed by atoms with van der Waals surface area (Å²) in [4.78, 5) is 1.41. The summed E-state index contributed by atoms with van der Waals surface area (Å²) in [5, 5.41) is 5.77. The monoisotopic (exact) mass is 289 g/mol. The molecule has 1 heterocycles. The lowest BCUT2D eigenvalue weighted by molar-refractivity contribution is 0.454. The van der Waals surface area contributed by atoms with Gasteiger partial charge in [-0.15, -0.1) is 11.3 Å². The zero-order valence-corrected chi connectivity index (χ0v) is 12.0. The number of thiophene rings is 1. The zero-order chi connectivity index (χ0) is 11.1. The van der Waals surface area contributed by atoms with E-state index >= 15 is 0 Å². The van der Waals surface area contributed by atoms with E-state index in [1.54, 1.807) is 0 Å². The maximum Gasteiger partial charge on any atom is 0.0302 e. The fourth-order valence-corrected chi connectivity index (χ4v) is 2.99. The molecule has 15 heavy (non-hydrogen) atoms. The van der Waals surface area contributed by atoms with Crippen LogP contribution in [-0.2, 0) is 6.54 Å². The molecule has 0 bridgehead atoms. The molecule has 1 N–H and O–H groups in total. The molecule has 0 amide bonds. The third-order valence-corrected chi connectivity index (χ3v) is 4.28. The maximum absolute atomic E-state index is 3.62. The van der Waals surface area contributed by atoms with E-state index in [0.29, 0.717) is 6.04 Å². The van der Waals surface area contributed by atoms with Crippen molar-refractivity contribution in [1.82, 2.24) is 5.32 Å². The Balaban J connectivity index is 2.27. The first-order valence-corrected chi connectivity index (χ1v) is 7.39. The molecule has 0 radical (unpaired) electrons. The highest BCUT2D eigenvalue weighted by molar-refractivity contribution is 9.10. The van der Waals surface area contributed by atoms with Crippen LogP contribution < -0.4 is 5.32 Å². The van der Waals surface area contributed by atoms with Crippen molar-refractivity contribution in [2.45, 2.75) is 52.1 Å². The standard InChI is InChI=1S/C12H20BrNS/c1-3-5-6-11(4-2)14-8-12-7-10(13)9-15-12/h7,9,11,14H,3-6,8H2,1-2H3. The Morgan fingerprint density at radius 1 is 1.47 bits per heavy atom. The molecule has 0 spiro atoms. The van der Waals surface area contributed by atoms with Gasteiger partial charge >= 0.3 is 0 Å². The largest absolute Gasteiger partial charge is 0.309 e. The Labute approximate surface area is 105 Å². The fraction of sp³-hybridized carbons (Fsp3) is 0.667. The van der Waals surface area contributed by atoms with E-state index in [1.165, 1.54) is 35.0 Å². The molecule has 3 heteroatoms. The fourth-order valence-electron chi connectivity index (χ4n) is 1.59. The third kappa shape index (κ3) is 5.14. The molecule has 0 aliphatic heterocycles. The van der Waals surface area contributed by atoms with Crippen LogP contribution in [0.5, 0.6) is 0 Å². The van der Waals surface area contributed by atoms with Gasteiger partial charge in [-0.2, -0.15) is 0 Å². The van der Waals surface area contributed by atoms with Gasteiger partial charge in [0.05, 0.1) is 0 Å². The maximum atomic E-state index is 3.62. The number of rotatable bonds is 7. The third-order valence-electron chi connectivity index (χ3n) is 2.59. The molecule has 1 nitrogen and oxygen atoms in total. The Kier molecular flexibility index (Phi) is 6.53. The summed E-state index contributed by atoms with van der Waals surface area (Å²) in [7, 11) is 0. The normalized spacial score (nSPS) is 13.0. The molecule has 1 atom stereocenters. The molecule has 86 valence electrons. The van der Waals surface area contributed by atoms with Gasteiger partial charge in [-0.25, -0.2) is 0 Å². The predicted molar refractivity (Wildman–Crippen MR) is 72.5 cm³/mol. The molecule has 0 saturated heterocycles. The predicted octanol–water partition coefficient (Wildman–Crippen LogP) is 4.57. The van der Waals surface area contributed by atoms with Crippen LogP contribution in [0.15, 0.2) is 15.9 Å². The van der Waals surface area contributed by atoms with Crippen molar-refractivity contribution in [1.29, 1.82) is 0 Å². The second kappa shape index (κ2) is 7.42. The first-order valence-electron chi connectivity index (χ1n) is 5.72. The lowest BCUT2D eigenvalue weighted by Gasteiger charge is -2.15. The van der Waals surface area contributed by atoms with Crippen LogP contribution in [0.4, 0.5) is 0 Å². The van der Waals surface area contributed by atoms with Crippen molar-refractivity contribution in [2.75, 3.05) is 0 Å². The number of halogens is 1. The molecular formula is C12H20BrNS. The average Bonchev–Trinajstić information content (AvgIpc) is 2.65. The van der Waals surface area contributed by atoms with E-state index in [1.807, 2.05) is 11.3 Å². The van der Waals surface area contributed by atoms with E-state index in [4.69, 9.17) is 0 Å². The van der Waals surface area contributed by atoms with E-state index in [-0.39, 0.29) is 0 Å². The second-order valence-electron chi connectivity index (χ2n) is 3.86. The minimum Gasteiger partial charge on any atom is -0.309 e. The van der Waals surface area contributed by atoms with E-state index in [2.05, 4.69) is 46.5 Å². The van der Waals surface area contributed by atoms with Gasteiger partial charge in [-0.05, 0) is 34.8 Å². The van der Waals surface area contributed by atoms with Crippen LogP contribution in [-0.4, -0.2) is 6.04 Å². The first kappa shape index (κ1) is 13.2. The topological polar surface area (TPSA) is 12.0 Å². The van der Waals surface area contributed by atoms with Gasteiger partial charge in [-0.1, -0.05) is 26.7 Å². The van der Waals surface area contributed by atoms with Crippen molar-refractivity contribution in [3.05, 3.63) is 20.8 Å². The van der Waals surface area contributed by atoms with Crippen LogP contribution in [0.1, 0.15) is 44.4 Å². The second-order valence-corrected chi connectivity index (χ2v) is 5.77. The van der Waals surface area contributed by atoms with Crippen LogP contribution in [0.2, 0.25) is 0 Å². The molecule has 0 fully saturated rings. The number of hydrogen-bond acceptors (Lipinski definition) is 2. The summed E-state index contributed by atoms with van der Waals surface area (Å²) in [6.45, 7) is 5.53. The van der Waals surface area contributed by atoms with Gasteiger partial charge in [0.25, 0.3) is 0 Å². The Morgan fingerprint density at radius 3 is 2.80 bits per heavy atom. The molecule has 1 unspecified atom stereocenters. The summed E-state index contributed by atoms with van der Waals surface area (Å²) in [5.74, 6) is 0. The molecule has 0 aromatic carbocycles. The first-order chi connectivity index (χ1) is 7.26. The molecule has 1 aromatic heterocycles. The van der Waals surface area contributed by atoms with Gasteiger partial charge in [0.15, 0.2) is 0 Å². The number of unbranched alkanes of at least 4 members (excludes halogenated alkanes) is 1. The van der Waals surface area contributed by atoms with Crippen molar-refractivity contribution >= 4 is 27.3 Å². The molecule has 0 saturated carbocycles. The van der Waals surface area contributed by atoms with Crippen molar-refractivity contribution < 1.29 is 0 Å². The van der Waals surface area contributed by atoms with Gasteiger partial charge in [0, 0.05) is 27.3 Å². The van der Waals surface area contributed by atoms with Crippen LogP contribution in [0.3, 0.4) is 0 Å². The van der Waals surface area contributed by atoms with E-state index in [9.17, 15) is 0 Å². The van der Waals surface area contributed by atoms with E-state index in [0.717, 1.165) is 6.54 Å². The molecule has 1 aromatic rings. The summed E-state index contributed by atoms with van der Waals surface area (Å²) in [5.41, 5.74) is 0. The molecular weight excluding hydrogens is 270 g/mol. The van der Waals surface area contributed by atoms with Gasteiger partial charge < -0.3 is 5.32 Å². The summed E-state index contributed by atoms with van der Waals surface area (Å²) in [6.07, 6.45) is 5.16. The quantitative estimate of drug-likeness (QED) is 0.775. The molecule has 0 aliphatic carbocycles. The number of nitrogens with one attached hydrogen (secondary N) is 1. The minimum absolute atomic E-state index is 0.686.